The molecular formula is C17H30ClN3O2. The molecule has 1 N–H and O–H groups in total. The van der Waals surface area contributed by atoms with E-state index in [9.17, 15) is 9.59 Å². The summed E-state index contributed by atoms with van der Waals surface area (Å²) >= 11 is 0. The largest absolute Gasteiger partial charge is 0.332 e. The van der Waals surface area contributed by atoms with Crippen molar-refractivity contribution in [3.8, 4) is 0 Å². The first-order valence-electron chi connectivity index (χ1n) is 8.58. The third-order valence-electron chi connectivity index (χ3n) is 5.74. The predicted molar refractivity (Wildman–Crippen MR) is 92.5 cm³/mol. The van der Waals surface area contributed by atoms with E-state index in [1.165, 1.54) is 0 Å². The summed E-state index contributed by atoms with van der Waals surface area (Å²) in [6.45, 7) is 11.2. The Hall–Kier alpha value is -0.810. The van der Waals surface area contributed by atoms with Crippen LogP contribution in [0.5, 0.6) is 0 Å². The van der Waals surface area contributed by atoms with Crippen LogP contribution in [0.15, 0.2) is 0 Å². The molecule has 1 atom stereocenters. The molecule has 132 valence electrons. The molecule has 1 unspecified atom stereocenters. The van der Waals surface area contributed by atoms with Gasteiger partial charge in [-0.25, -0.2) is 0 Å². The molecule has 0 aromatic carbocycles. The SMILES string of the molecule is CC(C)N1C(=O)CN(C(=O)C2CC23CCNCC3)CC1(C)C.Cl. The van der Waals surface area contributed by atoms with Crippen LogP contribution in [-0.4, -0.2) is 59.4 Å². The molecule has 3 rings (SSSR count). The van der Waals surface area contributed by atoms with Gasteiger partial charge in [0.25, 0.3) is 0 Å². The van der Waals surface area contributed by atoms with E-state index in [-0.39, 0.29) is 53.7 Å². The zero-order valence-corrected chi connectivity index (χ0v) is 15.5. The number of piperazine rings is 1. The van der Waals surface area contributed by atoms with Crippen molar-refractivity contribution in [1.29, 1.82) is 0 Å². The fourth-order valence-corrected chi connectivity index (χ4v) is 4.71. The lowest BCUT2D eigenvalue weighted by Gasteiger charge is -2.49. The summed E-state index contributed by atoms with van der Waals surface area (Å²) in [5, 5.41) is 3.37. The zero-order chi connectivity index (χ0) is 16.1. The minimum absolute atomic E-state index is 0. The van der Waals surface area contributed by atoms with Gasteiger partial charge in [-0.2, -0.15) is 0 Å². The van der Waals surface area contributed by atoms with Gasteiger partial charge in [0, 0.05) is 18.5 Å². The highest BCUT2D eigenvalue weighted by atomic mass is 35.5. The average molecular weight is 344 g/mol. The molecule has 1 saturated carbocycles. The van der Waals surface area contributed by atoms with E-state index < -0.39 is 0 Å². The van der Waals surface area contributed by atoms with Crippen molar-refractivity contribution in [3.63, 3.8) is 0 Å². The molecule has 2 heterocycles. The Bertz CT molecular complexity index is 486. The zero-order valence-electron chi connectivity index (χ0n) is 14.7. The molecular weight excluding hydrogens is 314 g/mol. The molecule has 2 aliphatic heterocycles. The van der Waals surface area contributed by atoms with Crippen molar-refractivity contribution in [1.82, 2.24) is 15.1 Å². The molecule has 2 saturated heterocycles. The van der Waals surface area contributed by atoms with E-state index in [1.807, 2.05) is 23.6 Å². The molecule has 0 bridgehead atoms. The van der Waals surface area contributed by atoms with E-state index >= 15 is 0 Å². The summed E-state index contributed by atoms with van der Waals surface area (Å²) in [4.78, 5) is 29.1. The number of hydrogen-bond acceptors (Lipinski definition) is 3. The fraction of sp³-hybridized carbons (Fsp3) is 0.882. The van der Waals surface area contributed by atoms with E-state index in [1.54, 1.807) is 0 Å². The van der Waals surface area contributed by atoms with Gasteiger partial charge in [0.2, 0.25) is 11.8 Å². The van der Waals surface area contributed by atoms with Crippen molar-refractivity contribution in [2.75, 3.05) is 26.2 Å². The normalized spacial score (nSPS) is 28.7. The number of carbonyl (C=O) groups is 2. The molecule has 0 aromatic rings. The van der Waals surface area contributed by atoms with Crippen LogP contribution in [0.3, 0.4) is 0 Å². The maximum absolute atomic E-state index is 12.9. The van der Waals surface area contributed by atoms with Crippen LogP contribution in [0.25, 0.3) is 0 Å². The quantitative estimate of drug-likeness (QED) is 0.829. The first kappa shape index (κ1) is 18.5. The summed E-state index contributed by atoms with van der Waals surface area (Å²) in [6.07, 6.45) is 3.23. The van der Waals surface area contributed by atoms with Gasteiger partial charge >= 0.3 is 0 Å². The standard InChI is InChI=1S/C17H29N3O2.ClH/c1-12(2)20-14(21)10-19(11-16(20,3)4)15(22)13-9-17(13)5-7-18-8-6-17;/h12-13,18H,5-11H2,1-4H3;1H. The second kappa shape index (κ2) is 6.25. The Balaban J connectivity index is 0.00000192. The predicted octanol–water partition coefficient (Wildman–Crippen LogP) is 1.66. The van der Waals surface area contributed by atoms with Crippen LogP contribution >= 0.6 is 12.4 Å². The lowest BCUT2D eigenvalue weighted by atomic mass is 9.91. The minimum Gasteiger partial charge on any atom is -0.332 e. The Morgan fingerprint density at radius 2 is 1.87 bits per heavy atom. The lowest BCUT2D eigenvalue weighted by molar-refractivity contribution is -0.156. The van der Waals surface area contributed by atoms with E-state index in [2.05, 4.69) is 19.2 Å². The number of amides is 2. The molecule has 2 amide bonds. The van der Waals surface area contributed by atoms with E-state index in [0.29, 0.717) is 6.54 Å². The maximum atomic E-state index is 12.9. The summed E-state index contributed by atoms with van der Waals surface area (Å²) in [6, 6.07) is 0.177. The number of hydrogen-bond donors (Lipinski definition) is 1. The van der Waals surface area contributed by atoms with Gasteiger partial charge in [0.05, 0.1) is 12.1 Å². The first-order valence-corrected chi connectivity index (χ1v) is 8.58. The van der Waals surface area contributed by atoms with E-state index in [4.69, 9.17) is 0 Å². The monoisotopic (exact) mass is 343 g/mol. The van der Waals surface area contributed by atoms with Crippen LogP contribution < -0.4 is 5.32 Å². The van der Waals surface area contributed by atoms with Crippen LogP contribution in [0.4, 0.5) is 0 Å². The van der Waals surface area contributed by atoms with Crippen molar-refractivity contribution in [3.05, 3.63) is 0 Å². The molecule has 23 heavy (non-hydrogen) atoms. The van der Waals surface area contributed by atoms with Crippen molar-refractivity contribution >= 4 is 24.2 Å². The number of carbonyl (C=O) groups excluding carboxylic acids is 2. The second-order valence-corrected chi connectivity index (χ2v) is 8.23. The van der Waals surface area contributed by atoms with Crippen LogP contribution in [-0.2, 0) is 9.59 Å². The van der Waals surface area contributed by atoms with Gasteiger partial charge in [-0.15, -0.1) is 12.4 Å². The van der Waals surface area contributed by atoms with Crippen molar-refractivity contribution in [2.24, 2.45) is 11.3 Å². The van der Waals surface area contributed by atoms with Crippen LogP contribution in [0, 0.1) is 11.3 Å². The third kappa shape index (κ3) is 3.22. The number of piperidine rings is 1. The van der Waals surface area contributed by atoms with Crippen molar-refractivity contribution < 1.29 is 9.59 Å². The smallest absolute Gasteiger partial charge is 0.242 e. The molecule has 1 spiro atoms. The number of rotatable bonds is 2. The van der Waals surface area contributed by atoms with Gasteiger partial charge in [0.15, 0.2) is 0 Å². The molecule has 3 fully saturated rings. The summed E-state index contributed by atoms with van der Waals surface area (Å²) < 4.78 is 0. The first-order chi connectivity index (χ1) is 10.3. The summed E-state index contributed by atoms with van der Waals surface area (Å²) in [7, 11) is 0. The molecule has 5 nitrogen and oxygen atoms in total. The minimum atomic E-state index is -0.282. The maximum Gasteiger partial charge on any atom is 0.242 e. The summed E-state index contributed by atoms with van der Waals surface area (Å²) in [5.41, 5.74) is -0.0416. The topological polar surface area (TPSA) is 52.7 Å². The van der Waals surface area contributed by atoms with Crippen LogP contribution in [0.2, 0.25) is 0 Å². The van der Waals surface area contributed by atoms with Gasteiger partial charge in [0.1, 0.15) is 0 Å². The summed E-state index contributed by atoms with van der Waals surface area (Å²) in [5.74, 6) is 0.454. The van der Waals surface area contributed by atoms with Gasteiger partial charge in [-0.1, -0.05) is 0 Å². The highest BCUT2D eigenvalue weighted by Crippen LogP contribution is 2.59. The molecule has 3 aliphatic rings. The Kier molecular flexibility index (Phi) is 5.03. The second-order valence-electron chi connectivity index (χ2n) is 8.23. The van der Waals surface area contributed by atoms with E-state index in [0.717, 1.165) is 32.4 Å². The molecule has 1 aliphatic carbocycles. The Labute approximate surface area is 145 Å². The number of halogens is 1. The molecule has 6 heteroatoms. The molecule has 0 radical (unpaired) electrons. The lowest BCUT2D eigenvalue weighted by Crippen LogP contribution is -2.65. The Morgan fingerprint density at radius 1 is 1.26 bits per heavy atom. The number of nitrogens with zero attached hydrogens (tertiary/aromatic N) is 2. The van der Waals surface area contributed by atoms with Gasteiger partial charge < -0.3 is 15.1 Å². The van der Waals surface area contributed by atoms with Crippen molar-refractivity contribution in [2.45, 2.75) is 58.5 Å². The number of nitrogens with one attached hydrogen (secondary N) is 1. The molecule has 0 aromatic heterocycles. The van der Waals surface area contributed by atoms with Crippen LogP contribution in [0.1, 0.15) is 47.0 Å². The highest BCUT2D eigenvalue weighted by molar-refractivity contribution is 5.89. The average Bonchev–Trinajstić information content (AvgIpc) is 3.09. The third-order valence-corrected chi connectivity index (χ3v) is 5.74. The van der Waals surface area contributed by atoms with Gasteiger partial charge in [-0.3, -0.25) is 9.59 Å². The highest BCUT2D eigenvalue weighted by Gasteiger charge is 2.59. The fourth-order valence-electron chi connectivity index (χ4n) is 4.71. The Morgan fingerprint density at radius 3 is 2.39 bits per heavy atom. The van der Waals surface area contributed by atoms with Gasteiger partial charge in [-0.05, 0) is 65.5 Å².